The third-order valence-corrected chi connectivity index (χ3v) is 4.31. The van der Waals surface area contributed by atoms with Gasteiger partial charge in [-0.3, -0.25) is 0 Å². The van der Waals surface area contributed by atoms with Crippen LogP contribution in [0.5, 0.6) is 5.75 Å². The smallest absolute Gasteiger partial charge is 0.174 e. The molecule has 1 aromatic rings. The van der Waals surface area contributed by atoms with Crippen molar-refractivity contribution >= 4 is 0 Å². The fourth-order valence-corrected chi connectivity index (χ4v) is 3.20. The fourth-order valence-electron chi connectivity index (χ4n) is 3.20. The molecule has 1 saturated carbocycles. The van der Waals surface area contributed by atoms with E-state index >= 15 is 0 Å². The van der Waals surface area contributed by atoms with Crippen LogP contribution in [0.25, 0.3) is 0 Å². The van der Waals surface area contributed by atoms with Crippen molar-refractivity contribution < 1.29 is 9.84 Å². The van der Waals surface area contributed by atoms with Crippen LogP contribution in [0.3, 0.4) is 0 Å². The van der Waals surface area contributed by atoms with E-state index in [4.69, 9.17) is 10.00 Å². The normalized spacial score (nSPS) is 25.3. The third-order valence-electron chi connectivity index (χ3n) is 4.31. The quantitative estimate of drug-likeness (QED) is 0.844. The van der Waals surface area contributed by atoms with Gasteiger partial charge in [0.05, 0.1) is 6.61 Å². The number of benzene rings is 1. The third kappa shape index (κ3) is 4.20. The zero-order valence-corrected chi connectivity index (χ0v) is 12.6. The van der Waals surface area contributed by atoms with Gasteiger partial charge < -0.3 is 15.2 Å². The van der Waals surface area contributed by atoms with E-state index in [0.29, 0.717) is 12.5 Å². The van der Waals surface area contributed by atoms with Crippen LogP contribution in [0.1, 0.15) is 38.2 Å². The predicted octanol–water partition coefficient (Wildman–Crippen LogP) is 2.62. The number of rotatable bonds is 6. The van der Waals surface area contributed by atoms with E-state index < -0.39 is 0 Å². The number of hydrogen-bond acceptors (Lipinski definition) is 4. The Morgan fingerprint density at radius 2 is 2.29 bits per heavy atom. The molecule has 2 unspecified atom stereocenters. The second-order valence-corrected chi connectivity index (χ2v) is 6.05. The summed E-state index contributed by atoms with van der Waals surface area (Å²) in [5.74, 6) is 1.38. The standard InChI is InChI=1S/C17H24N2O2/c1-14-5-4-8-17(11-14,13-20)19-12-15-6-2-3-7-16(15)21-10-9-18/h2-3,6-7,14,19-20H,4-5,8,10-13H2,1H3. The Hall–Kier alpha value is -1.57. The summed E-state index contributed by atoms with van der Waals surface area (Å²) in [5, 5.41) is 22.0. The molecular formula is C17H24N2O2. The van der Waals surface area contributed by atoms with Gasteiger partial charge >= 0.3 is 0 Å². The average Bonchev–Trinajstić information content (AvgIpc) is 2.52. The van der Waals surface area contributed by atoms with Gasteiger partial charge in [-0.15, -0.1) is 0 Å². The number of nitriles is 1. The summed E-state index contributed by atoms with van der Waals surface area (Å²) < 4.78 is 5.45. The molecule has 0 amide bonds. The van der Waals surface area contributed by atoms with Crippen LogP contribution in [-0.2, 0) is 6.54 Å². The number of nitrogens with zero attached hydrogens (tertiary/aromatic N) is 1. The van der Waals surface area contributed by atoms with E-state index in [1.807, 2.05) is 30.3 Å². The number of hydrogen-bond donors (Lipinski definition) is 2. The van der Waals surface area contributed by atoms with E-state index in [0.717, 1.165) is 30.6 Å². The van der Waals surface area contributed by atoms with Crippen LogP contribution >= 0.6 is 0 Å². The van der Waals surface area contributed by atoms with Crippen molar-refractivity contribution in [2.24, 2.45) is 5.92 Å². The fraction of sp³-hybridized carbons (Fsp3) is 0.588. The maximum absolute atomic E-state index is 9.81. The Kier molecular flexibility index (Phi) is 5.60. The molecule has 2 N–H and O–H groups in total. The lowest BCUT2D eigenvalue weighted by atomic mass is 9.77. The molecule has 0 saturated heterocycles. The van der Waals surface area contributed by atoms with Gasteiger partial charge in [-0.05, 0) is 24.8 Å². The highest BCUT2D eigenvalue weighted by molar-refractivity contribution is 5.33. The van der Waals surface area contributed by atoms with Crippen molar-refractivity contribution in [2.45, 2.75) is 44.7 Å². The summed E-state index contributed by atoms with van der Waals surface area (Å²) in [4.78, 5) is 0. The monoisotopic (exact) mass is 288 g/mol. The van der Waals surface area contributed by atoms with Crippen LogP contribution in [0.2, 0.25) is 0 Å². The molecular weight excluding hydrogens is 264 g/mol. The summed E-state index contributed by atoms with van der Waals surface area (Å²) in [6.45, 7) is 3.11. The van der Waals surface area contributed by atoms with E-state index in [2.05, 4.69) is 12.2 Å². The molecule has 4 heteroatoms. The molecule has 1 aliphatic rings. The molecule has 0 heterocycles. The number of ether oxygens (including phenoxy) is 1. The summed E-state index contributed by atoms with van der Waals surface area (Å²) in [6.07, 6.45) is 4.41. The van der Waals surface area contributed by atoms with Crippen molar-refractivity contribution in [3.8, 4) is 11.8 Å². The first kappa shape index (κ1) is 15.8. The van der Waals surface area contributed by atoms with E-state index in [9.17, 15) is 5.11 Å². The first-order chi connectivity index (χ1) is 10.2. The Labute approximate surface area is 126 Å². The van der Waals surface area contributed by atoms with Crippen molar-refractivity contribution in [1.29, 1.82) is 5.26 Å². The molecule has 0 bridgehead atoms. The number of para-hydroxylation sites is 1. The zero-order chi connectivity index (χ0) is 15.1. The number of aliphatic hydroxyl groups excluding tert-OH is 1. The minimum atomic E-state index is -0.181. The molecule has 21 heavy (non-hydrogen) atoms. The van der Waals surface area contributed by atoms with Crippen LogP contribution in [0, 0.1) is 17.2 Å². The van der Waals surface area contributed by atoms with Gasteiger partial charge in [0.25, 0.3) is 0 Å². The molecule has 0 radical (unpaired) electrons. The van der Waals surface area contributed by atoms with Crippen molar-refractivity contribution in [1.82, 2.24) is 5.32 Å². The van der Waals surface area contributed by atoms with Crippen molar-refractivity contribution in [3.05, 3.63) is 29.8 Å². The topological polar surface area (TPSA) is 65.3 Å². The lowest BCUT2D eigenvalue weighted by Crippen LogP contribution is -2.51. The summed E-state index contributed by atoms with van der Waals surface area (Å²) in [5.41, 5.74) is 0.846. The van der Waals surface area contributed by atoms with Gasteiger partial charge in [0.2, 0.25) is 0 Å². The van der Waals surface area contributed by atoms with Crippen molar-refractivity contribution in [2.75, 3.05) is 13.2 Å². The Balaban J connectivity index is 2.03. The minimum absolute atomic E-state index is 0.0548. The highest BCUT2D eigenvalue weighted by atomic mass is 16.5. The van der Waals surface area contributed by atoms with E-state index in [1.165, 1.54) is 6.42 Å². The second kappa shape index (κ2) is 7.44. The van der Waals surface area contributed by atoms with Gasteiger partial charge in [-0.1, -0.05) is 38.0 Å². The van der Waals surface area contributed by atoms with Crippen molar-refractivity contribution in [3.63, 3.8) is 0 Å². The summed E-state index contributed by atoms with van der Waals surface area (Å²) >= 11 is 0. The molecule has 4 nitrogen and oxygen atoms in total. The molecule has 0 aliphatic heterocycles. The van der Waals surface area contributed by atoms with Crippen LogP contribution in [-0.4, -0.2) is 23.9 Å². The van der Waals surface area contributed by atoms with Gasteiger partial charge in [0.1, 0.15) is 11.8 Å². The van der Waals surface area contributed by atoms with Gasteiger partial charge in [0, 0.05) is 17.6 Å². The molecule has 2 atom stereocenters. The number of nitrogens with one attached hydrogen (secondary N) is 1. The Bertz CT molecular complexity index is 498. The molecule has 114 valence electrons. The first-order valence-corrected chi connectivity index (χ1v) is 7.63. The van der Waals surface area contributed by atoms with E-state index in [-0.39, 0.29) is 18.8 Å². The lowest BCUT2D eigenvalue weighted by Gasteiger charge is -2.39. The molecule has 0 spiro atoms. The van der Waals surface area contributed by atoms with E-state index in [1.54, 1.807) is 0 Å². The van der Waals surface area contributed by atoms with Crippen LogP contribution in [0.15, 0.2) is 24.3 Å². The minimum Gasteiger partial charge on any atom is -0.478 e. The average molecular weight is 288 g/mol. The highest BCUT2D eigenvalue weighted by Gasteiger charge is 2.33. The molecule has 0 aromatic heterocycles. The number of aliphatic hydroxyl groups is 1. The predicted molar refractivity (Wildman–Crippen MR) is 81.8 cm³/mol. The van der Waals surface area contributed by atoms with Crippen LogP contribution in [0.4, 0.5) is 0 Å². The molecule has 1 aromatic carbocycles. The van der Waals surface area contributed by atoms with Crippen LogP contribution < -0.4 is 10.1 Å². The largest absolute Gasteiger partial charge is 0.478 e. The summed E-state index contributed by atoms with van der Waals surface area (Å²) in [6, 6.07) is 9.73. The van der Waals surface area contributed by atoms with Gasteiger partial charge in [-0.2, -0.15) is 5.26 Å². The lowest BCUT2D eigenvalue weighted by molar-refractivity contribution is 0.0980. The Morgan fingerprint density at radius 3 is 3.00 bits per heavy atom. The second-order valence-electron chi connectivity index (χ2n) is 6.05. The molecule has 1 fully saturated rings. The van der Waals surface area contributed by atoms with Gasteiger partial charge in [-0.25, -0.2) is 0 Å². The molecule has 2 rings (SSSR count). The van der Waals surface area contributed by atoms with Gasteiger partial charge in [0.15, 0.2) is 6.61 Å². The Morgan fingerprint density at radius 1 is 1.48 bits per heavy atom. The molecule has 1 aliphatic carbocycles. The maximum atomic E-state index is 9.81. The summed E-state index contributed by atoms with van der Waals surface area (Å²) in [7, 11) is 0. The highest BCUT2D eigenvalue weighted by Crippen LogP contribution is 2.32. The first-order valence-electron chi connectivity index (χ1n) is 7.63. The zero-order valence-electron chi connectivity index (χ0n) is 12.6. The maximum Gasteiger partial charge on any atom is 0.174 e. The SMILES string of the molecule is CC1CCCC(CO)(NCc2ccccc2OCC#N)C1.